The maximum atomic E-state index is 14.3. The number of ether oxygens (including phenoxy) is 1. The van der Waals surface area contributed by atoms with E-state index >= 15 is 0 Å². The highest BCUT2D eigenvalue weighted by atomic mass is 35.5. The number of rotatable bonds is 4. The van der Waals surface area contributed by atoms with Gasteiger partial charge in [-0.15, -0.1) is 0 Å². The molecule has 0 radical (unpaired) electrons. The zero-order chi connectivity index (χ0) is 26.6. The highest BCUT2D eigenvalue weighted by molar-refractivity contribution is 6.30. The van der Waals surface area contributed by atoms with Crippen LogP contribution in [0.1, 0.15) is 6.92 Å². The minimum atomic E-state index is -1.35. The largest absolute Gasteiger partial charge is 0.394 e. The number of anilines is 2. The summed E-state index contributed by atoms with van der Waals surface area (Å²) in [5.74, 6) is -2.66. The predicted octanol–water partition coefficient (Wildman–Crippen LogP) is 2.81. The molecule has 1 N–H and O–H groups in total. The molecule has 8 nitrogen and oxygen atoms in total. The third-order valence-electron chi connectivity index (χ3n) is 8.04. The van der Waals surface area contributed by atoms with E-state index in [0.29, 0.717) is 17.3 Å². The number of para-hydroxylation sites is 1. The highest BCUT2D eigenvalue weighted by Crippen LogP contribution is 2.54. The van der Waals surface area contributed by atoms with Crippen molar-refractivity contribution in [1.29, 1.82) is 0 Å². The molecule has 9 heteroatoms. The van der Waals surface area contributed by atoms with Crippen molar-refractivity contribution >= 4 is 40.7 Å². The summed E-state index contributed by atoms with van der Waals surface area (Å²) in [5, 5.41) is 10.6. The fraction of sp³-hybridized carbons (Fsp3) is 0.345. The molecule has 196 valence electrons. The van der Waals surface area contributed by atoms with Gasteiger partial charge in [-0.1, -0.05) is 54.1 Å². The smallest absolute Gasteiger partial charge is 0.253 e. The van der Waals surface area contributed by atoms with E-state index in [-0.39, 0.29) is 30.9 Å². The Bertz CT molecular complexity index is 1330. The summed E-state index contributed by atoms with van der Waals surface area (Å²) >= 11 is 6.08. The van der Waals surface area contributed by atoms with Gasteiger partial charge < -0.3 is 24.5 Å². The molecule has 0 bridgehead atoms. The molecule has 1 spiro atoms. The van der Waals surface area contributed by atoms with Crippen molar-refractivity contribution in [3.63, 3.8) is 0 Å². The van der Waals surface area contributed by atoms with Gasteiger partial charge in [-0.3, -0.25) is 14.4 Å². The third kappa shape index (κ3) is 3.62. The Morgan fingerprint density at radius 1 is 0.947 bits per heavy atom. The van der Waals surface area contributed by atoms with Crippen molar-refractivity contribution in [3.8, 4) is 0 Å². The van der Waals surface area contributed by atoms with E-state index in [1.807, 2.05) is 48.6 Å². The van der Waals surface area contributed by atoms with E-state index < -0.39 is 35.6 Å². The van der Waals surface area contributed by atoms with E-state index in [1.54, 1.807) is 47.1 Å². The molecule has 0 aromatic heterocycles. The number of carbonyl (C=O) groups is 3. The van der Waals surface area contributed by atoms with Gasteiger partial charge in [0.05, 0.1) is 30.6 Å². The molecule has 4 heterocycles. The lowest BCUT2D eigenvalue weighted by Gasteiger charge is -2.37. The van der Waals surface area contributed by atoms with Gasteiger partial charge in [0, 0.05) is 29.5 Å². The van der Waals surface area contributed by atoms with E-state index in [9.17, 15) is 19.5 Å². The van der Waals surface area contributed by atoms with Crippen molar-refractivity contribution in [3.05, 3.63) is 83.9 Å². The van der Waals surface area contributed by atoms with Crippen LogP contribution < -0.4 is 9.80 Å². The van der Waals surface area contributed by atoms with Crippen LogP contribution in [0.4, 0.5) is 11.4 Å². The van der Waals surface area contributed by atoms with Gasteiger partial charge in [0.25, 0.3) is 5.91 Å². The Kier molecular flexibility index (Phi) is 6.13. The van der Waals surface area contributed by atoms with E-state index in [1.165, 1.54) is 4.90 Å². The molecule has 2 saturated heterocycles. The first-order valence-electron chi connectivity index (χ1n) is 12.8. The van der Waals surface area contributed by atoms with Crippen LogP contribution in [-0.4, -0.2) is 71.2 Å². The number of fused-ring (bicyclic) bond motifs is 2. The number of likely N-dealkylation sites (tertiary alicyclic amines) is 1. The topological polar surface area (TPSA) is 90.4 Å². The highest BCUT2D eigenvalue weighted by Gasteiger charge is 2.72. The van der Waals surface area contributed by atoms with Gasteiger partial charge in [-0.2, -0.15) is 0 Å². The average Bonchev–Trinajstić information content (AvgIpc) is 3.25. The number of carbonyl (C=O) groups excluding carboxylic acids is 3. The molecule has 0 saturated carbocycles. The normalized spacial score (nSPS) is 31.1. The number of nitrogens with zero attached hydrogens (tertiary/aromatic N) is 3. The van der Waals surface area contributed by atoms with Crippen LogP contribution in [0.3, 0.4) is 0 Å². The quantitative estimate of drug-likeness (QED) is 0.610. The second-order valence-corrected chi connectivity index (χ2v) is 10.6. The van der Waals surface area contributed by atoms with Crippen molar-refractivity contribution < 1.29 is 24.2 Å². The first kappa shape index (κ1) is 24.9. The number of aliphatic hydroxyl groups excluding tert-OH is 1. The fourth-order valence-electron chi connectivity index (χ4n) is 6.33. The predicted molar refractivity (Wildman–Crippen MR) is 143 cm³/mol. The van der Waals surface area contributed by atoms with Crippen LogP contribution >= 0.6 is 11.6 Å². The Morgan fingerprint density at radius 2 is 1.61 bits per heavy atom. The van der Waals surface area contributed by atoms with Crippen LogP contribution in [0.2, 0.25) is 5.02 Å². The third-order valence-corrected chi connectivity index (χ3v) is 8.29. The number of amides is 3. The molecule has 3 amide bonds. The van der Waals surface area contributed by atoms with E-state index in [0.717, 1.165) is 5.69 Å². The first-order chi connectivity index (χ1) is 18.4. The maximum Gasteiger partial charge on any atom is 0.253 e. The molecule has 4 aliphatic heterocycles. The maximum absolute atomic E-state index is 14.3. The molecule has 2 aromatic rings. The average molecular weight is 534 g/mol. The SMILES string of the molecule is C[C@H](CO)N1C(=O)[C@@H]2[C@@H]3C(=O)N(c4ccccc4)CC=C[C@@H]3O[C@@]23C=CCN(c2ccc(Cl)cc2)C(=O)C13. The molecule has 2 aromatic carbocycles. The monoisotopic (exact) mass is 533 g/mol. The van der Waals surface area contributed by atoms with E-state index in [4.69, 9.17) is 16.3 Å². The van der Waals surface area contributed by atoms with Crippen LogP contribution in [0.5, 0.6) is 0 Å². The number of aliphatic hydroxyl groups is 1. The molecule has 6 rings (SSSR count). The minimum absolute atomic E-state index is 0.224. The fourth-order valence-corrected chi connectivity index (χ4v) is 6.46. The lowest BCUT2D eigenvalue weighted by Crippen LogP contribution is -2.57. The first-order valence-corrected chi connectivity index (χ1v) is 13.1. The minimum Gasteiger partial charge on any atom is -0.394 e. The molecule has 6 atom stereocenters. The molecular weight excluding hydrogens is 506 g/mol. The molecule has 0 aliphatic carbocycles. The summed E-state index contributed by atoms with van der Waals surface area (Å²) in [5.41, 5.74) is 0.00752. The van der Waals surface area contributed by atoms with Crippen LogP contribution in [0.25, 0.3) is 0 Å². The summed E-state index contributed by atoms with van der Waals surface area (Å²) in [6.45, 7) is 1.98. The van der Waals surface area contributed by atoms with Gasteiger partial charge in [0.2, 0.25) is 11.8 Å². The number of hydrogen-bond acceptors (Lipinski definition) is 5. The Morgan fingerprint density at radius 3 is 2.32 bits per heavy atom. The van der Waals surface area contributed by atoms with Gasteiger partial charge in [-0.05, 0) is 43.3 Å². The number of benzene rings is 2. The van der Waals surface area contributed by atoms with Crippen LogP contribution in [-0.2, 0) is 19.1 Å². The molecular formula is C29H28ClN3O5. The van der Waals surface area contributed by atoms with Crippen LogP contribution in [0.15, 0.2) is 78.9 Å². The lowest BCUT2D eigenvalue weighted by molar-refractivity contribution is -0.143. The number of halogens is 1. The van der Waals surface area contributed by atoms with Crippen molar-refractivity contribution in [2.24, 2.45) is 11.8 Å². The van der Waals surface area contributed by atoms with Crippen molar-refractivity contribution in [1.82, 2.24) is 4.90 Å². The number of hydrogen-bond donors (Lipinski definition) is 1. The van der Waals surface area contributed by atoms with Crippen molar-refractivity contribution in [2.45, 2.75) is 30.7 Å². The zero-order valence-corrected chi connectivity index (χ0v) is 21.6. The van der Waals surface area contributed by atoms with Crippen LogP contribution in [0, 0.1) is 11.8 Å². The molecule has 2 fully saturated rings. The zero-order valence-electron chi connectivity index (χ0n) is 20.8. The second kappa shape index (κ2) is 9.38. The summed E-state index contributed by atoms with van der Waals surface area (Å²) in [6, 6.07) is 14.5. The van der Waals surface area contributed by atoms with Gasteiger partial charge in [-0.25, -0.2) is 0 Å². The Hall–Kier alpha value is -3.46. The van der Waals surface area contributed by atoms with Crippen molar-refractivity contribution in [2.75, 3.05) is 29.5 Å². The second-order valence-electron chi connectivity index (χ2n) is 10.2. The van der Waals surface area contributed by atoms with Gasteiger partial charge in [0.15, 0.2) is 0 Å². The molecule has 4 aliphatic rings. The Balaban J connectivity index is 1.45. The lowest BCUT2D eigenvalue weighted by atomic mass is 9.77. The molecule has 38 heavy (non-hydrogen) atoms. The van der Waals surface area contributed by atoms with Gasteiger partial charge >= 0.3 is 0 Å². The van der Waals surface area contributed by atoms with E-state index in [2.05, 4.69) is 0 Å². The Labute approximate surface area is 225 Å². The molecule has 1 unspecified atom stereocenters. The summed E-state index contributed by atoms with van der Waals surface area (Å²) in [7, 11) is 0. The summed E-state index contributed by atoms with van der Waals surface area (Å²) in [6.07, 6.45) is 6.67. The standard InChI is InChI=1S/C29H28ClN3O5/c1-18(17-34)33-25-28(37)32(21-12-10-19(30)11-13-21)16-6-14-29(25)24(27(33)36)23-22(38-29)9-5-15-31(26(23)35)20-7-3-2-4-8-20/h2-14,18,22-25,34H,15-17H2,1H3/t18-,22+,23-,24+,25?,29+/m1/s1. The summed E-state index contributed by atoms with van der Waals surface area (Å²) < 4.78 is 6.63. The summed E-state index contributed by atoms with van der Waals surface area (Å²) in [4.78, 5) is 47.2. The van der Waals surface area contributed by atoms with Gasteiger partial charge in [0.1, 0.15) is 11.6 Å².